The summed E-state index contributed by atoms with van der Waals surface area (Å²) in [4.78, 5) is 11.9. The lowest BCUT2D eigenvalue weighted by molar-refractivity contribution is -0.120. The van der Waals surface area contributed by atoms with Gasteiger partial charge in [0.2, 0.25) is 5.91 Å². The van der Waals surface area contributed by atoms with E-state index in [0.29, 0.717) is 24.4 Å². The largest absolute Gasteiger partial charge is 0.393 e. The van der Waals surface area contributed by atoms with Crippen LogP contribution in [0, 0.1) is 5.92 Å². The highest BCUT2D eigenvalue weighted by molar-refractivity contribution is 5.78. The molecule has 0 spiro atoms. The maximum absolute atomic E-state index is 11.9. The number of carbonyl (C=O) groups is 1. The van der Waals surface area contributed by atoms with Crippen molar-refractivity contribution >= 4 is 5.91 Å². The normalized spacial score (nSPS) is 13.6. The van der Waals surface area contributed by atoms with Crippen LogP contribution in [0.3, 0.4) is 0 Å². The van der Waals surface area contributed by atoms with Crippen molar-refractivity contribution in [2.24, 2.45) is 5.92 Å². The summed E-state index contributed by atoms with van der Waals surface area (Å²) in [6, 6.07) is 11.4. The van der Waals surface area contributed by atoms with Crippen molar-refractivity contribution in [1.82, 2.24) is 10.5 Å². The highest BCUT2D eigenvalue weighted by atomic mass is 16.5. The van der Waals surface area contributed by atoms with Gasteiger partial charge in [0.05, 0.1) is 18.2 Å². The molecule has 2 atom stereocenters. The van der Waals surface area contributed by atoms with E-state index < -0.39 is 0 Å². The Morgan fingerprint density at radius 3 is 2.73 bits per heavy atom. The second-order valence-corrected chi connectivity index (χ2v) is 5.72. The fourth-order valence-electron chi connectivity index (χ4n) is 2.31. The molecule has 5 nitrogen and oxygen atoms in total. The molecule has 0 radical (unpaired) electrons. The van der Waals surface area contributed by atoms with E-state index in [9.17, 15) is 9.90 Å². The topological polar surface area (TPSA) is 75.4 Å². The van der Waals surface area contributed by atoms with Gasteiger partial charge in [-0.2, -0.15) is 0 Å². The summed E-state index contributed by atoms with van der Waals surface area (Å²) in [5.74, 6) is 0.803. The maximum atomic E-state index is 11.9. The van der Waals surface area contributed by atoms with Crippen LogP contribution in [0.15, 0.2) is 40.9 Å². The number of amides is 1. The number of nitrogens with one attached hydrogen (secondary N) is 1. The van der Waals surface area contributed by atoms with Crippen molar-refractivity contribution in [1.29, 1.82) is 0 Å². The molecule has 0 aliphatic carbocycles. The molecule has 2 aromatic rings. The van der Waals surface area contributed by atoms with Gasteiger partial charge in [0.25, 0.3) is 0 Å². The van der Waals surface area contributed by atoms with E-state index in [4.69, 9.17) is 4.52 Å². The highest BCUT2D eigenvalue weighted by Crippen LogP contribution is 2.19. The van der Waals surface area contributed by atoms with Crippen molar-refractivity contribution in [3.05, 3.63) is 42.1 Å². The molecular formula is C17H22N2O3. The van der Waals surface area contributed by atoms with E-state index in [1.54, 1.807) is 13.0 Å². The molecule has 0 fully saturated rings. The molecule has 22 heavy (non-hydrogen) atoms. The third-order valence-electron chi connectivity index (χ3n) is 3.35. The van der Waals surface area contributed by atoms with E-state index >= 15 is 0 Å². The van der Waals surface area contributed by atoms with Gasteiger partial charge in [-0.3, -0.25) is 4.79 Å². The van der Waals surface area contributed by atoms with Gasteiger partial charge >= 0.3 is 0 Å². The van der Waals surface area contributed by atoms with Crippen LogP contribution >= 0.6 is 0 Å². The molecule has 1 aromatic carbocycles. The number of aliphatic hydroxyl groups is 1. The molecule has 2 rings (SSSR count). The van der Waals surface area contributed by atoms with Gasteiger partial charge in [-0.25, -0.2) is 0 Å². The van der Waals surface area contributed by atoms with Gasteiger partial charge in [-0.15, -0.1) is 0 Å². The number of hydrogen-bond acceptors (Lipinski definition) is 4. The zero-order valence-electron chi connectivity index (χ0n) is 13.0. The number of nitrogens with zero attached hydrogens (tertiary/aromatic N) is 1. The minimum atomic E-state index is -0.351. The Morgan fingerprint density at radius 1 is 1.32 bits per heavy atom. The summed E-state index contributed by atoms with van der Waals surface area (Å²) in [5.41, 5.74) is 1.55. The Hall–Kier alpha value is -2.14. The summed E-state index contributed by atoms with van der Waals surface area (Å²) in [6.45, 7) is 4.29. The van der Waals surface area contributed by atoms with Crippen LogP contribution in [-0.2, 0) is 11.2 Å². The first-order chi connectivity index (χ1) is 10.5. The summed E-state index contributed by atoms with van der Waals surface area (Å²) in [5, 5.41) is 16.1. The van der Waals surface area contributed by atoms with Crippen LogP contribution in [-0.4, -0.2) is 28.8 Å². The lowest BCUT2D eigenvalue weighted by atomic mass is 10.0. The Bertz CT molecular complexity index is 593. The van der Waals surface area contributed by atoms with E-state index in [1.807, 2.05) is 37.3 Å². The van der Waals surface area contributed by atoms with Crippen LogP contribution in [0.25, 0.3) is 11.3 Å². The fraction of sp³-hybridized carbons (Fsp3) is 0.412. The smallest absolute Gasteiger partial charge is 0.226 e. The second kappa shape index (κ2) is 7.75. The highest BCUT2D eigenvalue weighted by Gasteiger charge is 2.12. The number of hydrogen-bond donors (Lipinski definition) is 2. The SMILES string of the molecule is CC(O)CC(C)CNC(=O)Cc1cc(-c2ccccc2)on1. The summed E-state index contributed by atoms with van der Waals surface area (Å²) >= 11 is 0. The Labute approximate surface area is 130 Å². The molecular weight excluding hydrogens is 280 g/mol. The molecule has 1 amide bonds. The van der Waals surface area contributed by atoms with Gasteiger partial charge in [0.1, 0.15) is 0 Å². The Kier molecular flexibility index (Phi) is 5.72. The average molecular weight is 302 g/mol. The standard InChI is InChI=1S/C17H22N2O3/c1-12(8-13(2)20)11-18-17(21)10-15-9-16(22-19-15)14-6-4-3-5-7-14/h3-7,9,12-13,20H,8,10-11H2,1-2H3,(H,18,21). The lowest BCUT2D eigenvalue weighted by Crippen LogP contribution is -2.30. The van der Waals surface area contributed by atoms with Gasteiger partial charge < -0.3 is 14.9 Å². The van der Waals surface area contributed by atoms with Crippen LogP contribution in [0.1, 0.15) is 26.0 Å². The summed E-state index contributed by atoms with van der Waals surface area (Å²) in [6.07, 6.45) is 0.510. The lowest BCUT2D eigenvalue weighted by Gasteiger charge is -2.13. The molecule has 2 N–H and O–H groups in total. The molecule has 118 valence electrons. The molecule has 0 bridgehead atoms. The first kappa shape index (κ1) is 16.2. The first-order valence-electron chi connectivity index (χ1n) is 7.50. The zero-order valence-corrected chi connectivity index (χ0v) is 13.0. The predicted octanol–water partition coefficient (Wildman–Crippen LogP) is 2.41. The number of aromatic nitrogens is 1. The van der Waals surface area contributed by atoms with Crippen molar-refractivity contribution in [2.75, 3.05) is 6.54 Å². The van der Waals surface area contributed by atoms with Gasteiger partial charge in [0, 0.05) is 18.2 Å². The maximum Gasteiger partial charge on any atom is 0.226 e. The van der Waals surface area contributed by atoms with Crippen LogP contribution in [0.2, 0.25) is 0 Å². The predicted molar refractivity (Wildman–Crippen MR) is 84.1 cm³/mol. The molecule has 5 heteroatoms. The van der Waals surface area contributed by atoms with Crippen LogP contribution in [0.4, 0.5) is 0 Å². The second-order valence-electron chi connectivity index (χ2n) is 5.72. The number of carbonyl (C=O) groups excluding carboxylic acids is 1. The third-order valence-corrected chi connectivity index (χ3v) is 3.35. The van der Waals surface area contributed by atoms with E-state index in [1.165, 1.54) is 0 Å². The van der Waals surface area contributed by atoms with E-state index in [-0.39, 0.29) is 24.3 Å². The minimum Gasteiger partial charge on any atom is -0.393 e. The van der Waals surface area contributed by atoms with Gasteiger partial charge in [-0.1, -0.05) is 42.4 Å². The first-order valence-corrected chi connectivity index (χ1v) is 7.50. The summed E-state index contributed by atoms with van der Waals surface area (Å²) < 4.78 is 5.27. The number of rotatable bonds is 7. The fourth-order valence-corrected chi connectivity index (χ4v) is 2.31. The molecule has 0 aliphatic heterocycles. The zero-order chi connectivity index (χ0) is 15.9. The van der Waals surface area contributed by atoms with Gasteiger partial charge in [0.15, 0.2) is 5.76 Å². The van der Waals surface area contributed by atoms with Crippen LogP contribution in [0.5, 0.6) is 0 Å². The molecule has 2 unspecified atom stereocenters. The Balaban J connectivity index is 1.84. The molecule has 0 aliphatic rings. The summed E-state index contributed by atoms with van der Waals surface area (Å²) in [7, 11) is 0. The Morgan fingerprint density at radius 2 is 2.05 bits per heavy atom. The molecule has 1 aromatic heterocycles. The van der Waals surface area contributed by atoms with Crippen molar-refractivity contribution < 1.29 is 14.4 Å². The van der Waals surface area contributed by atoms with Crippen molar-refractivity contribution in [3.8, 4) is 11.3 Å². The van der Waals surface area contributed by atoms with Crippen LogP contribution < -0.4 is 5.32 Å². The van der Waals surface area contributed by atoms with E-state index in [0.717, 1.165) is 5.56 Å². The molecule has 1 heterocycles. The molecule has 0 saturated carbocycles. The molecule has 0 saturated heterocycles. The number of aliphatic hydroxyl groups excluding tert-OH is 1. The quantitative estimate of drug-likeness (QED) is 0.823. The average Bonchev–Trinajstić information content (AvgIpc) is 2.94. The minimum absolute atomic E-state index is 0.0923. The number of benzene rings is 1. The monoisotopic (exact) mass is 302 g/mol. The third kappa shape index (κ3) is 5.00. The van der Waals surface area contributed by atoms with Gasteiger partial charge in [-0.05, 0) is 19.3 Å². The van der Waals surface area contributed by atoms with Crippen molar-refractivity contribution in [3.63, 3.8) is 0 Å². The van der Waals surface area contributed by atoms with E-state index in [2.05, 4.69) is 10.5 Å². The van der Waals surface area contributed by atoms with Crippen molar-refractivity contribution in [2.45, 2.75) is 32.8 Å².